The monoisotopic (exact) mass is 141 g/mol. The van der Waals surface area contributed by atoms with E-state index in [1.54, 1.807) is 0 Å². The van der Waals surface area contributed by atoms with E-state index in [-0.39, 0.29) is 0 Å². The number of aliphatic hydroxyl groups is 1. The Morgan fingerprint density at radius 1 is 1.50 bits per heavy atom. The van der Waals surface area contributed by atoms with Crippen molar-refractivity contribution < 1.29 is 5.11 Å². The van der Waals surface area contributed by atoms with Gasteiger partial charge in [0.2, 0.25) is 0 Å². The Kier molecular flexibility index (Phi) is 1.46. The van der Waals surface area contributed by atoms with Crippen LogP contribution in [0.4, 0.5) is 0 Å². The van der Waals surface area contributed by atoms with Gasteiger partial charge >= 0.3 is 0 Å². The van der Waals surface area contributed by atoms with Crippen LogP contribution in [0, 0.1) is 11.3 Å². The summed E-state index contributed by atoms with van der Waals surface area (Å²) in [5, 5.41) is 12.4. The summed E-state index contributed by atoms with van der Waals surface area (Å²) in [6.07, 6.45) is 4.05. The normalized spacial score (nSPS) is 36.3. The van der Waals surface area contributed by atoms with Gasteiger partial charge in [-0.05, 0) is 18.3 Å². The Morgan fingerprint density at radius 2 is 2.30 bits per heavy atom. The lowest BCUT2D eigenvalue weighted by Gasteiger charge is -2.42. The van der Waals surface area contributed by atoms with Crippen LogP contribution in [0.2, 0.25) is 0 Å². The van der Waals surface area contributed by atoms with Gasteiger partial charge in [-0.15, -0.1) is 0 Å². The highest BCUT2D eigenvalue weighted by atomic mass is 16.3. The molecule has 58 valence electrons. The molecule has 2 nitrogen and oxygen atoms in total. The Bertz CT molecular complexity index is 131. The van der Waals surface area contributed by atoms with Crippen LogP contribution < -0.4 is 5.32 Å². The third kappa shape index (κ3) is 0.722. The average Bonchev–Trinajstić information content (AvgIpc) is 2.27. The zero-order chi connectivity index (χ0) is 7.03. The third-order valence-electron chi connectivity index (χ3n) is 3.30. The molecule has 1 aliphatic heterocycles. The standard InChI is InChI=1S/C8H15NO/c10-5-7-4-9-6-8(7)2-1-3-8/h7,9-10H,1-6H2/t7-/m1/s1. The molecule has 2 aliphatic rings. The van der Waals surface area contributed by atoms with Gasteiger partial charge in [0.15, 0.2) is 0 Å². The molecule has 0 unspecified atom stereocenters. The second kappa shape index (κ2) is 2.21. The van der Waals surface area contributed by atoms with Gasteiger partial charge in [0.1, 0.15) is 0 Å². The van der Waals surface area contributed by atoms with E-state index in [0.29, 0.717) is 17.9 Å². The third-order valence-corrected chi connectivity index (χ3v) is 3.30. The van der Waals surface area contributed by atoms with Crippen molar-refractivity contribution in [3.8, 4) is 0 Å². The zero-order valence-corrected chi connectivity index (χ0v) is 6.27. The topological polar surface area (TPSA) is 32.3 Å². The van der Waals surface area contributed by atoms with E-state index in [9.17, 15) is 0 Å². The van der Waals surface area contributed by atoms with Crippen LogP contribution in [0.3, 0.4) is 0 Å². The highest BCUT2D eigenvalue weighted by Gasteiger charge is 2.46. The van der Waals surface area contributed by atoms with Crippen molar-refractivity contribution in [2.45, 2.75) is 19.3 Å². The van der Waals surface area contributed by atoms with Gasteiger partial charge in [-0.1, -0.05) is 6.42 Å². The summed E-state index contributed by atoms with van der Waals surface area (Å²) in [5.74, 6) is 0.557. The van der Waals surface area contributed by atoms with Crippen LogP contribution in [-0.4, -0.2) is 24.8 Å². The molecule has 0 aromatic rings. The fourth-order valence-corrected chi connectivity index (χ4v) is 2.33. The molecule has 1 spiro atoms. The Labute approximate surface area is 61.6 Å². The predicted octanol–water partition coefficient (Wildman–Crippen LogP) is 0.368. The molecular weight excluding hydrogens is 126 g/mol. The van der Waals surface area contributed by atoms with Crippen molar-refractivity contribution >= 4 is 0 Å². The number of hydrogen-bond acceptors (Lipinski definition) is 2. The molecule has 0 radical (unpaired) electrons. The van der Waals surface area contributed by atoms with E-state index < -0.39 is 0 Å². The lowest BCUT2D eigenvalue weighted by Crippen LogP contribution is -2.38. The summed E-state index contributed by atoms with van der Waals surface area (Å²) >= 11 is 0. The summed E-state index contributed by atoms with van der Waals surface area (Å²) in [5.41, 5.74) is 0.523. The summed E-state index contributed by atoms with van der Waals surface area (Å²) in [4.78, 5) is 0. The maximum absolute atomic E-state index is 9.03. The minimum absolute atomic E-state index is 0.382. The maximum Gasteiger partial charge on any atom is 0.0477 e. The van der Waals surface area contributed by atoms with E-state index in [0.717, 1.165) is 13.1 Å². The first-order chi connectivity index (χ1) is 4.87. The fourth-order valence-electron chi connectivity index (χ4n) is 2.33. The number of rotatable bonds is 1. The molecule has 1 heterocycles. The SMILES string of the molecule is OC[C@H]1CNCC12CCC2. The lowest BCUT2D eigenvalue weighted by atomic mass is 9.63. The van der Waals surface area contributed by atoms with Gasteiger partial charge in [-0.2, -0.15) is 0 Å². The second-order valence-electron chi connectivity index (χ2n) is 3.73. The van der Waals surface area contributed by atoms with Gasteiger partial charge in [-0.25, -0.2) is 0 Å². The molecule has 2 heteroatoms. The van der Waals surface area contributed by atoms with Crippen molar-refractivity contribution in [3.63, 3.8) is 0 Å². The molecule has 0 amide bonds. The van der Waals surface area contributed by atoms with Crippen LogP contribution in [-0.2, 0) is 0 Å². The van der Waals surface area contributed by atoms with Crippen molar-refractivity contribution in [1.82, 2.24) is 5.32 Å². The average molecular weight is 141 g/mol. The van der Waals surface area contributed by atoms with Crippen LogP contribution >= 0.6 is 0 Å². The van der Waals surface area contributed by atoms with Crippen molar-refractivity contribution in [1.29, 1.82) is 0 Å². The van der Waals surface area contributed by atoms with Crippen molar-refractivity contribution in [2.24, 2.45) is 11.3 Å². The van der Waals surface area contributed by atoms with E-state index in [2.05, 4.69) is 5.32 Å². The highest BCUT2D eigenvalue weighted by molar-refractivity contribution is 4.99. The molecular formula is C8H15NO. The Balaban J connectivity index is 2.05. The molecule has 0 aromatic carbocycles. The number of hydrogen-bond donors (Lipinski definition) is 2. The van der Waals surface area contributed by atoms with Crippen LogP contribution in [0.1, 0.15) is 19.3 Å². The fraction of sp³-hybridized carbons (Fsp3) is 1.00. The minimum atomic E-state index is 0.382. The van der Waals surface area contributed by atoms with Crippen LogP contribution in [0.25, 0.3) is 0 Å². The largest absolute Gasteiger partial charge is 0.396 e. The Hall–Kier alpha value is -0.0800. The molecule has 1 aliphatic carbocycles. The van der Waals surface area contributed by atoms with E-state index in [1.165, 1.54) is 19.3 Å². The molecule has 0 aromatic heterocycles. The predicted molar refractivity (Wildman–Crippen MR) is 39.7 cm³/mol. The van der Waals surface area contributed by atoms with E-state index >= 15 is 0 Å². The quantitative estimate of drug-likeness (QED) is 0.553. The number of aliphatic hydroxyl groups excluding tert-OH is 1. The molecule has 10 heavy (non-hydrogen) atoms. The molecule has 2 N–H and O–H groups in total. The van der Waals surface area contributed by atoms with E-state index in [1.807, 2.05) is 0 Å². The van der Waals surface area contributed by atoms with Crippen molar-refractivity contribution in [2.75, 3.05) is 19.7 Å². The Morgan fingerprint density at radius 3 is 2.70 bits per heavy atom. The summed E-state index contributed by atoms with van der Waals surface area (Å²) in [6, 6.07) is 0. The smallest absolute Gasteiger partial charge is 0.0477 e. The zero-order valence-electron chi connectivity index (χ0n) is 6.27. The van der Waals surface area contributed by atoms with E-state index in [4.69, 9.17) is 5.11 Å². The second-order valence-corrected chi connectivity index (χ2v) is 3.73. The van der Waals surface area contributed by atoms with Crippen LogP contribution in [0.5, 0.6) is 0 Å². The van der Waals surface area contributed by atoms with Gasteiger partial charge in [0.25, 0.3) is 0 Å². The van der Waals surface area contributed by atoms with Gasteiger partial charge in [0, 0.05) is 25.6 Å². The molecule has 1 saturated heterocycles. The first-order valence-electron chi connectivity index (χ1n) is 4.19. The van der Waals surface area contributed by atoms with Gasteiger partial charge in [0.05, 0.1) is 0 Å². The maximum atomic E-state index is 9.03. The summed E-state index contributed by atoms with van der Waals surface area (Å²) in [7, 11) is 0. The van der Waals surface area contributed by atoms with Crippen molar-refractivity contribution in [3.05, 3.63) is 0 Å². The lowest BCUT2D eigenvalue weighted by molar-refractivity contribution is 0.0568. The first-order valence-corrected chi connectivity index (χ1v) is 4.19. The first kappa shape index (κ1) is 6.62. The molecule has 2 fully saturated rings. The van der Waals surface area contributed by atoms with Gasteiger partial charge in [-0.3, -0.25) is 0 Å². The number of nitrogens with one attached hydrogen (secondary N) is 1. The molecule has 1 atom stereocenters. The van der Waals surface area contributed by atoms with Crippen LogP contribution in [0.15, 0.2) is 0 Å². The highest BCUT2D eigenvalue weighted by Crippen LogP contribution is 2.48. The van der Waals surface area contributed by atoms with Gasteiger partial charge < -0.3 is 10.4 Å². The minimum Gasteiger partial charge on any atom is -0.396 e. The molecule has 0 bridgehead atoms. The summed E-state index contributed by atoms with van der Waals surface area (Å²) in [6.45, 7) is 2.57. The molecule has 1 saturated carbocycles. The summed E-state index contributed by atoms with van der Waals surface area (Å²) < 4.78 is 0. The molecule has 2 rings (SSSR count).